The first-order valence-corrected chi connectivity index (χ1v) is 10.0. The van der Waals surface area contributed by atoms with Gasteiger partial charge < -0.3 is 14.2 Å². The van der Waals surface area contributed by atoms with Crippen LogP contribution in [0.15, 0.2) is 47.3 Å². The van der Waals surface area contributed by atoms with Gasteiger partial charge in [-0.05, 0) is 50.2 Å². The molecule has 0 aliphatic rings. The van der Waals surface area contributed by atoms with Crippen molar-refractivity contribution in [2.45, 2.75) is 13.8 Å². The molecule has 0 radical (unpaired) electrons. The summed E-state index contributed by atoms with van der Waals surface area (Å²) < 4.78 is 16.2. The van der Waals surface area contributed by atoms with Gasteiger partial charge in [0.05, 0.1) is 37.7 Å². The van der Waals surface area contributed by atoms with E-state index in [9.17, 15) is 4.79 Å². The van der Waals surface area contributed by atoms with Crippen molar-refractivity contribution in [3.8, 4) is 28.5 Å². The Balaban J connectivity index is 1.68. The maximum atomic E-state index is 12.3. The summed E-state index contributed by atoms with van der Waals surface area (Å²) in [5, 5.41) is 3.89. The number of H-pyrrole nitrogens is 1. The molecular formula is C23H23N5O4. The van der Waals surface area contributed by atoms with Crippen molar-refractivity contribution in [2.24, 2.45) is 0 Å². The van der Waals surface area contributed by atoms with Gasteiger partial charge in [-0.3, -0.25) is 15.1 Å². The van der Waals surface area contributed by atoms with Crippen LogP contribution in [0, 0.1) is 6.92 Å². The zero-order valence-electron chi connectivity index (χ0n) is 18.2. The number of benzene rings is 2. The third-order valence-corrected chi connectivity index (χ3v) is 4.82. The molecule has 0 saturated heterocycles. The molecule has 32 heavy (non-hydrogen) atoms. The molecule has 2 aromatic heterocycles. The predicted molar refractivity (Wildman–Crippen MR) is 122 cm³/mol. The molecule has 4 rings (SSSR count). The maximum absolute atomic E-state index is 12.3. The van der Waals surface area contributed by atoms with Crippen molar-refractivity contribution < 1.29 is 14.2 Å². The normalized spacial score (nSPS) is 10.8. The average Bonchev–Trinajstić information content (AvgIpc) is 2.79. The number of hydrogen-bond donors (Lipinski definition) is 2. The summed E-state index contributed by atoms with van der Waals surface area (Å²) in [6.07, 6.45) is 0. The third kappa shape index (κ3) is 4.31. The van der Waals surface area contributed by atoms with Crippen LogP contribution in [0.25, 0.3) is 22.2 Å². The standard InChI is InChI=1S/C23H23N5O4/c1-5-32-15-7-8-17-16(11-15)13(2)24-22(25-17)28-23-26-18(12-21(29)27-23)14-6-9-19(30-3)20(10-14)31-4/h6-12H,5H2,1-4H3,(H2,24,25,26,27,28,29). The highest BCUT2D eigenvalue weighted by molar-refractivity contribution is 5.83. The van der Waals surface area contributed by atoms with E-state index in [2.05, 4.69) is 25.3 Å². The molecule has 0 bridgehead atoms. The zero-order valence-corrected chi connectivity index (χ0v) is 18.2. The van der Waals surface area contributed by atoms with Crippen LogP contribution in [-0.4, -0.2) is 40.8 Å². The summed E-state index contributed by atoms with van der Waals surface area (Å²) in [6, 6.07) is 12.4. The first-order chi connectivity index (χ1) is 15.5. The first-order valence-electron chi connectivity index (χ1n) is 10.0. The van der Waals surface area contributed by atoms with Crippen LogP contribution in [-0.2, 0) is 0 Å². The van der Waals surface area contributed by atoms with E-state index in [1.165, 1.54) is 6.07 Å². The maximum Gasteiger partial charge on any atom is 0.252 e. The highest BCUT2D eigenvalue weighted by Gasteiger charge is 2.11. The highest BCUT2D eigenvalue weighted by Crippen LogP contribution is 2.31. The SMILES string of the molecule is CCOc1ccc2nc(Nc3nc(-c4ccc(OC)c(OC)c4)cc(=O)[nH]3)nc(C)c2c1. The fraction of sp³-hybridized carbons (Fsp3) is 0.217. The largest absolute Gasteiger partial charge is 0.494 e. The van der Waals surface area contributed by atoms with Crippen LogP contribution in [0.4, 0.5) is 11.9 Å². The van der Waals surface area contributed by atoms with Crippen LogP contribution in [0.3, 0.4) is 0 Å². The summed E-state index contributed by atoms with van der Waals surface area (Å²) in [6.45, 7) is 4.41. The van der Waals surface area contributed by atoms with Gasteiger partial charge in [-0.2, -0.15) is 0 Å². The minimum absolute atomic E-state index is 0.229. The van der Waals surface area contributed by atoms with Crippen LogP contribution in [0.5, 0.6) is 17.2 Å². The van der Waals surface area contributed by atoms with Crippen molar-refractivity contribution >= 4 is 22.8 Å². The van der Waals surface area contributed by atoms with Gasteiger partial charge in [0.15, 0.2) is 11.5 Å². The number of fused-ring (bicyclic) bond motifs is 1. The van der Waals surface area contributed by atoms with Crippen molar-refractivity contribution in [3.63, 3.8) is 0 Å². The minimum atomic E-state index is -0.314. The van der Waals surface area contributed by atoms with Gasteiger partial charge in [0.1, 0.15) is 5.75 Å². The van der Waals surface area contributed by atoms with Crippen LogP contribution < -0.4 is 25.1 Å². The lowest BCUT2D eigenvalue weighted by Crippen LogP contribution is -2.12. The van der Waals surface area contributed by atoms with E-state index in [0.29, 0.717) is 35.3 Å². The Morgan fingerprint density at radius 2 is 1.78 bits per heavy atom. The van der Waals surface area contributed by atoms with Crippen LogP contribution >= 0.6 is 0 Å². The molecule has 4 aromatic rings. The number of nitrogens with zero attached hydrogens (tertiary/aromatic N) is 3. The molecule has 0 aliphatic heterocycles. The summed E-state index contributed by atoms with van der Waals surface area (Å²) in [4.78, 5) is 28.5. The second-order valence-corrected chi connectivity index (χ2v) is 6.92. The van der Waals surface area contributed by atoms with Gasteiger partial charge in [-0.25, -0.2) is 15.0 Å². The number of nitrogens with one attached hydrogen (secondary N) is 2. The average molecular weight is 433 g/mol. The molecule has 0 saturated carbocycles. The molecule has 9 heteroatoms. The fourth-order valence-electron chi connectivity index (χ4n) is 3.34. The van der Waals surface area contributed by atoms with E-state index >= 15 is 0 Å². The minimum Gasteiger partial charge on any atom is -0.494 e. The third-order valence-electron chi connectivity index (χ3n) is 4.82. The lowest BCUT2D eigenvalue weighted by Gasteiger charge is -2.11. The van der Waals surface area contributed by atoms with Gasteiger partial charge in [-0.15, -0.1) is 0 Å². The number of aromatic nitrogens is 4. The Kier molecular flexibility index (Phi) is 5.89. The molecule has 2 aromatic carbocycles. The van der Waals surface area contributed by atoms with Crippen molar-refractivity contribution in [1.82, 2.24) is 19.9 Å². The van der Waals surface area contributed by atoms with Gasteiger partial charge in [0.25, 0.3) is 5.56 Å². The predicted octanol–water partition coefficient (Wildman–Crippen LogP) is 3.85. The molecule has 0 atom stereocenters. The summed E-state index contributed by atoms with van der Waals surface area (Å²) in [5.41, 5.74) is 2.39. The van der Waals surface area contributed by atoms with Gasteiger partial charge in [-0.1, -0.05) is 0 Å². The number of aryl methyl sites for hydroxylation is 1. The van der Waals surface area contributed by atoms with E-state index in [0.717, 1.165) is 22.3 Å². The van der Waals surface area contributed by atoms with Crippen LogP contribution in [0.2, 0.25) is 0 Å². The Bertz CT molecular complexity index is 1340. The molecule has 2 heterocycles. The molecule has 0 spiro atoms. The molecule has 0 amide bonds. The second kappa shape index (κ2) is 8.93. The van der Waals surface area contributed by atoms with Gasteiger partial charge >= 0.3 is 0 Å². The topological polar surface area (TPSA) is 111 Å². The Morgan fingerprint density at radius 3 is 2.53 bits per heavy atom. The number of anilines is 2. The van der Waals surface area contributed by atoms with E-state index < -0.39 is 0 Å². The highest BCUT2D eigenvalue weighted by atomic mass is 16.5. The van der Waals surface area contributed by atoms with Crippen molar-refractivity contribution in [1.29, 1.82) is 0 Å². The Labute approximate surface area is 184 Å². The quantitative estimate of drug-likeness (QED) is 0.452. The van der Waals surface area contributed by atoms with E-state index in [4.69, 9.17) is 14.2 Å². The Hall–Kier alpha value is -4.14. The fourth-order valence-corrected chi connectivity index (χ4v) is 3.34. The smallest absolute Gasteiger partial charge is 0.252 e. The molecule has 0 aliphatic carbocycles. The van der Waals surface area contributed by atoms with Gasteiger partial charge in [0, 0.05) is 17.0 Å². The second-order valence-electron chi connectivity index (χ2n) is 6.92. The Morgan fingerprint density at radius 1 is 0.969 bits per heavy atom. The summed E-state index contributed by atoms with van der Waals surface area (Å²) in [7, 11) is 3.12. The number of ether oxygens (including phenoxy) is 3. The van der Waals surface area contributed by atoms with Crippen LogP contribution in [0.1, 0.15) is 12.6 Å². The number of methoxy groups -OCH3 is 2. The zero-order chi connectivity index (χ0) is 22.7. The number of aromatic amines is 1. The van der Waals surface area contributed by atoms with Crippen molar-refractivity contribution in [2.75, 3.05) is 26.1 Å². The molecule has 164 valence electrons. The van der Waals surface area contributed by atoms with E-state index in [1.54, 1.807) is 32.4 Å². The summed E-state index contributed by atoms with van der Waals surface area (Å²) in [5.74, 6) is 2.45. The van der Waals surface area contributed by atoms with Gasteiger partial charge in [0.2, 0.25) is 11.9 Å². The lowest BCUT2D eigenvalue weighted by atomic mass is 10.1. The lowest BCUT2D eigenvalue weighted by molar-refractivity contribution is 0.340. The molecule has 0 unspecified atom stereocenters. The monoisotopic (exact) mass is 433 g/mol. The van der Waals surface area contributed by atoms with Crippen molar-refractivity contribution in [3.05, 3.63) is 58.5 Å². The first kappa shape index (κ1) is 21.1. The number of rotatable bonds is 7. The molecular weight excluding hydrogens is 410 g/mol. The summed E-state index contributed by atoms with van der Waals surface area (Å²) >= 11 is 0. The van der Waals surface area contributed by atoms with E-state index in [1.807, 2.05) is 32.0 Å². The molecule has 0 fully saturated rings. The van der Waals surface area contributed by atoms with E-state index in [-0.39, 0.29) is 11.5 Å². The molecule has 9 nitrogen and oxygen atoms in total. The number of hydrogen-bond acceptors (Lipinski definition) is 8. The molecule has 2 N–H and O–H groups in total.